The number of benzene rings is 1. The SMILES string of the molecule is COc1cc(C(C)NCC(F)F)ccc1F. The molecule has 1 aromatic rings. The Morgan fingerprint density at radius 1 is 1.38 bits per heavy atom. The Labute approximate surface area is 92.4 Å². The summed E-state index contributed by atoms with van der Waals surface area (Å²) < 4.78 is 41.8. The first-order chi connectivity index (χ1) is 7.54. The van der Waals surface area contributed by atoms with Crippen molar-refractivity contribution in [1.82, 2.24) is 5.32 Å². The van der Waals surface area contributed by atoms with Crippen LogP contribution in [0.3, 0.4) is 0 Å². The number of hydrogen-bond donors (Lipinski definition) is 1. The van der Waals surface area contributed by atoms with Gasteiger partial charge < -0.3 is 10.1 Å². The molecular formula is C11H14F3NO. The average molecular weight is 233 g/mol. The van der Waals surface area contributed by atoms with Gasteiger partial charge in [0, 0.05) is 6.04 Å². The van der Waals surface area contributed by atoms with Gasteiger partial charge in [-0.05, 0) is 24.6 Å². The van der Waals surface area contributed by atoms with Crippen LogP contribution in [-0.2, 0) is 0 Å². The van der Waals surface area contributed by atoms with Gasteiger partial charge in [0.05, 0.1) is 13.7 Å². The second-order valence-corrected chi connectivity index (χ2v) is 3.42. The number of halogens is 3. The van der Waals surface area contributed by atoms with E-state index in [4.69, 9.17) is 4.74 Å². The van der Waals surface area contributed by atoms with Crippen molar-refractivity contribution < 1.29 is 17.9 Å². The van der Waals surface area contributed by atoms with Crippen molar-refractivity contribution in [2.75, 3.05) is 13.7 Å². The van der Waals surface area contributed by atoms with Crippen LogP contribution in [0.15, 0.2) is 18.2 Å². The van der Waals surface area contributed by atoms with E-state index < -0.39 is 12.2 Å². The number of ether oxygens (including phenoxy) is 1. The molecule has 2 nitrogen and oxygen atoms in total. The minimum atomic E-state index is -2.40. The first kappa shape index (κ1) is 12.8. The Bertz CT molecular complexity index is 344. The molecule has 0 radical (unpaired) electrons. The fourth-order valence-corrected chi connectivity index (χ4v) is 1.33. The van der Waals surface area contributed by atoms with Crippen LogP contribution in [0.5, 0.6) is 5.75 Å². The molecule has 0 aliphatic carbocycles. The van der Waals surface area contributed by atoms with Gasteiger partial charge in [-0.1, -0.05) is 6.07 Å². The molecule has 1 aromatic carbocycles. The first-order valence-corrected chi connectivity index (χ1v) is 4.89. The van der Waals surface area contributed by atoms with Gasteiger partial charge in [-0.2, -0.15) is 0 Å². The number of rotatable bonds is 5. The third-order valence-electron chi connectivity index (χ3n) is 2.25. The zero-order valence-electron chi connectivity index (χ0n) is 9.14. The van der Waals surface area contributed by atoms with Crippen molar-refractivity contribution in [2.24, 2.45) is 0 Å². The average Bonchev–Trinajstić information content (AvgIpc) is 2.26. The summed E-state index contributed by atoms with van der Waals surface area (Å²) in [6.45, 7) is 1.34. The fourth-order valence-electron chi connectivity index (χ4n) is 1.33. The van der Waals surface area contributed by atoms with Crippen molar-refractivity contribution in [3.63, 3.8) is 0 Å². The van der Waals surface area contributed by atoms with E-state index >= 15 is 0 Å². The molecule has 1 unspecified atom stereocenters. The molecule has 0 saturated carbocycles. The van der Waals surface area contributed by atoms with Crippen LogP contribution in [0.25, 0.3) is 0 Å². The maximum atomic E-state index is 13.1. The molecule has 0 aromatic heterocycles. The van der Waals surface area contributed by atoms with E-state index in [-0.39, 0.29) is 18.3 Å². The second kappa shape index (κ2) is 5.75. The van der Waals surface area contributed by atoms with Crippen molar-refractivity contribution in [3.8, 4) is 5.75 Å². The molecule has 0 spiro atoms. The minimum absolute atomic E-state index is 0.114. The van der Waals surface area contributed by atoms with Gasteiger partial charge in [-0.25, -0.2) is 13.2 Å². The van der Waals surface area contributed by atoms with E-state index in [1.165, 1.54) is 19.2 Å². The predicted molar refractivity (Wildman–Crippen MR) is 55.4 cm³/mol. The van der Waals surface area contributed by atoms with Gasteiger partial charge in [0.15, 0.2) is 11.6 Å². The predicted octanol–water partition coefficient (Wildman–Crippen LogP) is 2.75. The second-order valence-electron chi connectivity index (χ2n) is 3.42. The molecule has 0 saturated heterocycles. The summed E-state index contributed by atoms with van der Waals surface area (Å²) in [4.78, 5) is 0. The Morgan fingerprint density at radius 3 is 2.62 bits per heavy atom. The van der Waals surface area contributed by atoms with E-state index in [1.54, 1.807) is 13.0 Å². The summed E-state index contributed by atoms with van der Waals surface area (Å²) >= 11 is 0. The summed E-state index contributed by atoms with van der Waals surface area (Å²) in [5, 5.41) is 2.64. The van der Waals surface area contributed by atoms with Crippen LogP contribution in [0, 0.1) is 5.82 Å². The van der Waals surface area contributed by atoms with Crippen molar-refractivity contribution in [3.05, 3.63) is 29.6 Å². The maximum absolute atomic E-state index is 13.1. The molecule has 0 heterocycles. The fraction of sp³-hybridized carbons (Fsp3) is 0.455. The van der Waals surface area contributed by atoms with Crippen LogP contribution in [-0.4, -0.2) is 20.1 Å². The van der Waals surface area contributed by atoms with E-state index in [2.05, 4.69) is 5.32 Å². The van der Waals surface area contributed by atoms with E-state index in [9.17, 15) is 13.2 Å². The lowest BCUT2D eigenvalue weighted by atomic mass is 10.1. The lowest BCUT2D eigenvalue weighted by Gasteiger charge is -2.15. The van der Waals surface area contributed by atoms with Crippen LogP contribution in [0.1, 0.15) is 18.5 Å². The lowest BCUT2D eigenvalue weighted by molar-refractivity contribution is 0.142. The zero-order chi connectivity index (χ0) is 12.1. The third-order valence-corrected chi connectivity index (χ3v) is 2.25. The number of nitrogens with one attached hydrogen (secondary N) is 1. The lowest BCUT2D eigenvalue weighted by Crippen LogP contribution is -2.24. The molecular weight excluding hydrogens is 219 g/mol. The Morgan fingerprint density at radius 2 is 2.06 bits per heavy atom. The highest BCUT2D eigenvalue weighted by Gasteiger charge is 2.11. The van der Waals surface area contributed by atoms with Crippen LogP contribution < -0.4 is 10.1 Å². The van der Waals surface area contributed by atoms with E-state index in [0.29, 0.717) is 5.56 Å². The van der Waals surface area contributed by atoms with Crippen molar-refractivity contribution >= 4 is 0 Å². The summed E-state index contributed by atoms with van der Waals surface area (Å²) in [7, 11) is 1.36. The molecule has 90 valence electrons. The van der Waals surface area contributed by atoms with Gasteiger partial charge in [0.1, 0.15) is 0 Å². The summed E-state index contributed by atoms with van der Waals surface area (Å²) in [5.74, 6) is -0.351. The third kappa shape index (κ3) is 3.41. The minimum Gasteiger partial charge on any atom is -0.494 e. The zero-order valence-corrected chi connectivity index (χ0v) is 9.14. The molecule has 0 fully saturated rings. The molecule has 0 aliphatic rings. The molecule has 1 atom stereocenters. The monoisotopic (exact) mass is 233 g/mol. The van der Waals surface area contributed by atoms with Gasteiger partial charge in [-0.15, -0.1) is 0 Å². The van der Waals surface area contributed by atoms with E-state index in [0.717, 1.165) is 0 Å². The van der Waals surface area contributed by atoms with Gasteiger partial charge in [0.25, 0.3) is 6.43 Å². The summed E-state index contributed by atoms with van der Waals surface area (Å²) in [5.41, 5.74) is 0.707. The largest absolute Gasteiger partial charge is 0.494 e. The standard InChI is InChI=1S/C11H14F3NO/c1-7(15-6-11(13)14)8-3-4-9(12)10(5-8)16-2/h3-5,7,11,15H,6H2,1-2H3. The van der Waals surface area contributed by atoms with Crippen molar-refractivity contribution in [1.29, 1.82) is 0 Å². The highest BCUT2D eigenvalue weighted by molar-refractivity contribution is 5.31. The van der Waals surface area contributed by atoms with Crippen LogP contribution >= 0.6 is 0 Å². The molecule has 0 bridgehead atoms. The Balaban J connectivity index is 2.72. The Hall–Kier alpha value is -1.23. The Kier molecular flexibility index (Phi) is 4.61. The van der Waals surface area contributed by atoms with E-state index in [1.807, 2.05) is 0 Å². The number of alkyl halides is 2. The normalized spacial score (nSPS) is 12.9. The molecule has 5 heteroatoms. The van der Waals surface area contributed by atoms with Crippen molar-refractivity contribution in [2.45, 2.75) is 19.4 Å². The maximum Gasteiger partial charge on any atom is 0.250 e. The number of methoxy groups -OCH3 is 1. The molecule has 0 aliphatic heterocycles. The molecule has 1 N–H and O–H groups in total. The smallest absolute Gasteiger partial charge is 0.250 e. The first-order valence-electron chi connectivity index (χ1n) is 4.89. The summed E-state index contributed by atoms with van der Waals surface area (Å²) in [6, 6.07) is 4.03. The highest BCUT2D eigenvalue weighted by Crippen LogP contribution is 2.22. The summed E-state index contributed by atoms with van der Waals surface area (Å²) in [6.07, 6.45) is -2.40. The molecule has 16 heavy (non-hydrogen) atoms. The highest BCUT2D eigenvalue weighted by atomic mass is 19.3. The molecule has 0 amide bonds. The number of hydrogen-bond acceptors (Lipinski definition) is 2. The topological polar surface area (TPSA) is 21.3 Å². The van der Waals surface area contributed by atoms with Gasteiger partial charge >= 0.3 is 0 Å². The van der Waals surface area contributed by atoms with Crippen LogP contribution in [0.4, 0.5) is 13.2 Å². The quantitative estimate of drug-likeness (QED) is 0.844. The van der Waals surface area contributed by atoms with Crippen LogP contribution in [0.2, 0.25) is 0 Å². The van der Waals surface area contributed by atoms with Gasteiger partial charge in [-0.3, -0.25) is 0 Å². The molecule has 1 rings (SSSR count). The van der Waals surface area contributed by atoms with Gasteiger partial charge in [0.2, 0.25) is 0 Å².